The van der Waals surface area contributed by atoms with Crippen molar-refractivity contribution < 1.29 is 0 Å². The highest BCUT2D eigenvalue weighted by molar-refractivity contribution is 4.95. The van der Waals surface area contributed by atoms with Gasteiger partial charge in [0.25, 0.3) is 0 Å². The monoisotopic (exact) mass is 282 g/mol. The van der Waals surface area contributed by atoms with Crippen molar-refractivity contribution in [2.24, 2.45) is 5.73 Å². The van der Waals surface area contributed by atoms with Crippen LogP contribution in [0, 0.1) is 0 Å². The van der Waals surface area contributed by atoms with Crippen LogP contribution in [0.3, 0.4) is 0 Å². The molecule has 2 heterocycles. The van der Waals surface area contributed by atoms with Crippen molar-refractivity contribution in [3.05, 3.63) is 0 Å². The van der Waals surface area contributed by atoms with Crippen molar-refractivity contribution in [3.8, 4) is 0 Å². The van der Waals surface area contributed by atoms with Crippen molar-refractivity contribution in [1.29, 1.82) is 0 Å². The molecule has 4 nitrogen and oxygen atoms in total. The van der Waals surface area contributed by atoms with Crippen LogP contribution in [0.2, 0.25) is 0 Å². The molecule has 20 heavy (non-hydrogen) atoms. The van der Waals surface area contributed by atoms with Gasteiger partial charge in [0.1, 0.15) is 0 Å². The van der Waals surface area contributed by atoms with Gasteiger partial charge in [-0.3, -0.25) is 0 Å². The second-order valence-corrected chi connectivity index (χ2v) is 6.97. The van der Waals surface area contributed by atoms with E-state index in [1.54, 1.807) is 0 Å². The number of hydrogen-bond donors (Lipinski definition) is 2. The summed E-state index contributed by atoms with van der Waals surface area (Å²) in [6, 6.07) is 1.27. The molecule has 2 rings (SSSR count). The van der Waals surface area contributed by atoms with Gasteiger partial charge < -0.3 is 10.6 Å². The maximum Gasteiger partial charge on any atom is 0.0472 e. The quantitative estimate of drug-likeness (QED) is 0.809. The van der Waals surface area contributed by atoms with Crippen LogP contribution in [0.4, 0.5) is 0 Å². The lowest BCUT2D eigenvalue weighted by atomic mass is 9.87. The summed E-state index contributed by atoms with van der Waals surface area (Å²) in [5, 5.41) is 2.51. The van der Waals surface area contributed by atoms with E-state index in [1.165, 1.54) is 58.2 Å². The van der Waals surface area contributed by atoms with E-state index in [0.717, 1.165) is 6.54 Å². The lowest BCUT2D eigenvalue weighted by Gasteiger charge is -2.49. The molecule has 2 unspecified atom stereocenters. The highest BCUT2D eigenvalue weighted by atomic mass is 15.6. The third-order valence-corrected chi connectivity index (χ3v) is 5.30. The van der Waals surface area contributed by atoms with Crippen molar-refractivity contribution in [2.45, 2.75) is 76.9 Å². The Balaban J connectivity index is 1.94. The zero-order valence-corrected chi connectivity index (χ0v) is 13.7. The normalized spacial score (nSPS) is 32.4. The van der Waals surface area contributed by atoms with Crippen LogP contribution in [-0.4, -0.2) is 53.7 Å². The van der Waals surface area contributed by atoms with E-state index in [4.69, 9.17) is 5.73 Å². The molecule has 3 N–H and O–H groups in total. The Labute approximate surface area is 125 Å². The van der Waals surface area contributed by atoms with Crippen LogP contribution < -0.4 is 11.2 Å². The number of nitrogens with two attached hydrogens (primary N) is 1. The van der Waals surface area contributed by atoms with E-state index in [2.05, 4.69) is 36.1 Å². The highest BCUT2D eigenvalue weighted by Gasteiger charge is 2.37. The maximum absolute atomic E-state index is 6.16. The molecule has 0 radical (unpaired) electrons. The summed E-state index contributed by atoms with van der Waals surface area (Å²) in [5.41, 5.74) is 10.2. The molecule has 0 saturated carbocycles. The molecule has 0 bridgehead atoms. The summed E-state index contributed by atoms with van der Waals surface area (Å²) in [7, 11) is 0. The van der Waals surface area contributed by atoms with Gasteiger partial charge in [-0.15, -0.1) is 0 Å². The minimum absolute atomic E-state index is 0.129. The Morgan fingerprint density at radius 1 is 1.15 bits per heavy atom. The van der Waals surface area contributed by atoms with Gasteiger partial charge in [0.05, 0.1) is 0 Å². The van der Waals surface area contributed by atoms with Gasteiger partial charge in [0, 0.05) is 24.2 Å². The number of nitrogens with zero attached hydrogens (tertiary/aromatic N) is 2. The second-order valence-electron chi connectivity index (χ2n) is 6.97. The predicted octanol–water partition coefficient (Wildman–Crippen LogP) is 1.96. The molecular weight excluding hydrogens is 248 g/mol. The van der Waals surface area contributed by atoms with E-state index in [0.29, 0.717) is 12.1 Å². The van der Waals surface area contributed by atoms with Crippen molar-refractivity contribution in [2.75, 3.05) is 26.2 Å². The van der Waals surface area contributed by atoms with Crippen LogP contribution >= 0.6 is 0 Å². The molecule has 0 aliphatic carbocycles. The van der Waals surface area contributed by atoms with Crippen molar-refractivity contribution >= 4 is 0 Å². The molecule has 0 amide bonds. The third-order valence-electron chi connectivity index (χ3n) is 5.30. The summed E-state index contributed by atoms with van der Waals surface area (Å²) in [4.78, 5) is 2.58. The molecule has 0 aromatic carbocycles. The van der Waals surface area contributed by atoms with Gasteiger partial charge in [-0.25, -0.2) is 10.4 Å². The zero-order chi connectivity index (χ0) is 14.6. The summed E-state index contributed by atoms with van der Waals surface area (Å²) in [6.45, 7) is 11.3. The number of likely N-dealkylation sites (tertiary alicyclic amines) is 1. The summed E-state index contributed by atoms with van der Waals surface area (Å²) in [5.74, 6) is 0. The Morgan fingerprint density at radius 3 is 2.25 bits per heavy atom. The SMILES string of the molecule is CCCN1CCC(CN)(NN2C(C)CCCC2C)CC1. The first-order valence-electron chi connectivity index (χ1n) is 8.59. The zero-order valence-electron chi connectivity index (χ0n) is 13.7. The Hall–Kier alpha value is -0.160. The van der Waals surface area contributed by atoms with Crippen LogP contribution in [0.1, 0.15) is 59.3 Å². The average molecular weight is 282 g/mol. The molecule has 0 aromatic heterocycles. The van der Waals surface area contributed by atoms with Gasteiger partial charge in [0.2, 0.25) is 0 Å². The smallest absolute Gasteiger partial charge is 0.0472 e. The molecule has 0 spiro atoms. The van der Waals surface area contributed by atoms with Gasteiger partial charge >= 0.3 is 0 Å². The molecule has 118 valence electrons. The first-order valence-corrected chi connectivity index (χ1v) is 8.59. The van der Waals surface area contributed by atoms with Gasteiger partial charge in [-0.1, -0.05) is 13.3 Å². The van der Waals surface area contributed by atoms with Crippen molar-refractivity contribution in [1.82, 2.24) is 15.3 Å². The third kappa shape index (κ3) is 3.73. The van der Waals surface area contributed by atoms with Crippen LogP contribution in [-0.2, 0) is 0 Å². The lowest BCUT2D eigenvalue weighted by Crippen LogP contribution is -2.66. The maximum atomic E-state index is 6.16. The van der Waals surface area contributed by atoms with Gasteiger partial charge in [0.15, 0.2) is 0 Å². The predicted molar refractivity (Wildman–Crippen MR) is 85.5 cm³/mol. The fourth-order valence-corrected chi connectivity index (χ4v) is 3.80. The number of hydrogen-bond acceptors (Lipinski definition) is 4. The topological polar surface area (TPSA) is 44.5 Å². The number of piperidine rings is 2. The Bertz CT molecular complexity index is 276. The fraction of sp³-hybridized carbons (Fsp3) is 1.00. The van der Waals surface area contributed by atoms with Gasteiger partial charge in [-0.2, -0.15) is 0 Å². The molecule has 4 heteroatoms. The van der Waals surface area contributed by atoms with Gasteiger partial charge in [-0.05, 0) is 65.6 Å². The first-order chi connectivity index (χ1) is 9.60. The number of rotatable bonds is 5. The molecule has 2 atom stereocenters. The summed E-state index contributed by atoms with van der Waals surface area (Å²) in [6.07, 6.45) is 7.59. The summed E-state index contributed by atoms with van der Waals surface area (Å²) >= 11 is 0. The molecular formula is C16H34N4. The second kappa shape index (κ2) is 7.21. The van der Waals surface area contributed by atoms with E-state index in [-0.39, 0.29) is 5.54 Å². The fourth-order valence-electron chi connectivity index (χ4n) is 3.80. The number of hydrazine groups is 1. The molecule has 0 aromatic rings. The number of nitrogens with one attached hydrogen (secondary N) is 1. The first kappa shape index (κ1) is 16.2. The van der Waals surface area contributed by atoms with E-state index >= 15 is 0 Å². The summed E-state index contributed by atoms with van der Waals surface area (Å²) < 4.78 is 0. The highest BCUT2D eigenvalue weighted by Crippen LogP contribution is 2.27. The van der Waals surface area contributed by atoms with E-state index < -0.39 is 0 Å². The Kier molecular flexibility index (Phi) is 5.84. The lowest BCUT2D eigenvalue weighted by molar-refractivity contribution is -0.0185. The average Bonchev–Trinajstić information content (AvgIpc) is 2.45. The minimum Gasteiger partial charge on any atom is -0.329 e. The molecule has 2 aliphatic heterocycles. The molecule has 2 fully saturated rings. The van der Waals surface area contributed by atoms with Crippen LogP contribution in [0.5, 0.6) is 0 Å². The van der Waals surface area contributed by atoms with Crippen LogP contribution in [0.25, 0.3) is 0 Å². The molecule has 2 aliphatic rings. The standard InChI is InChI=1S/C16H34N4/c1-4-10-19-11-8-16(13-17,9-12-19)18-20-14(2)6-5-7-15(20)3/h14-15,18H,4-13,17H2,1-3H3. The minimum atomic E-state index is 0.129. The largest absolute Gasteiger partial charge is 0.329 e. The van der Waals surface area contributed by atoms with E-state index in [9.17, 15) is 0 Å². The van der Waals surface area contributed by atoms with E-state index in [1.807, 2.05) is 0 Å². The van der Waals surface area contributed by atoms with Crippen molar-refractivity contribution in [3.63, 3.8) is 0 Å². The van der Waals surface area contributed by atoms with Crippen LogP contribution in [0.15, 0.2) is 0 Å². The Morgan fingerprint density at radius 2 is 1.75 bits per heavy atom. The molecule has 2 saturated heterocycles.